The number of fused-ring (bicyclic) bond motifs is 1. The predicted octanol–water partition coefficient (Wildman–Crippen LogP) is 1.79. The molecule has 0 fully saturated rings. The van der Waals surface area contributed by atoms with Crippen LogP contribution in [0, 0.1) is 0 Å². The van der Waals surface area contributed by atoms with Gasteiger partial charge in [-0.2, -0.15) is 0 Å². The number of carbonyl (C=O) groups is 2. The molecule has 0 saturated carbocycles. The molecule has 1 heterocycles. The maximum absolute atomic E-state index is 12.3. The van der Waals surface area contributed by atoms with Gasteiger partial charge < -0.3 is 15.7 Å². The number of carboxylic acid groups (broad SMARTS) is 1. The van der Waals surface area contributed by atoms with Gasteiger partial charge in [0.2, 0.25) is 5.91 Å². The molecule has 108 valence electrons. The molecule has 0 radical (unpaired) electrons. The van der Waals surface area contributed by atoms with E-state index in [2.05, 4.69) is 0 Å². The van der Waals surface area contributed by atoms with Gasteiger partial charge in [-0.1, -0.05) is 0 Å². The van der Waals surface area contributed by atoms with Gasteiger partial charge in [0.1, 0.15) is 0 Å². The third-order valence-electron chi connectivity index (χ3n) is 3.35. The third-order valence-corrected chi connectivity index (χ3v) is 3.35. The zero-order valence-electron chi connectivity index (χ0n) is 11.8. The Morgan fingerprint density at radius 2 is 2.10 bits per heavy atom. The number of carboxylic acids is 1. The molecular weight excluding hydrogens is 256 g/mol. The lowest BCUT2D eigenvalue weighted by Crippen LogP contribution is -2.43. The van der Waals surface area contributed by atoms with Gasteiger partial charge in [0.05, 0.1) is 5.56 Å². The normalized spacial score (nSPS) is 14.8. The van der Waals surface area contributed by atoms with E-state index in [9.17, 15) is 9.59 Å². The maximum Gasteiger partial charge on any atom is 0.335 e. The largest absolute Gasteiger partial charge is 0.478 e. The molecule has 5 heteroatoms. The first-order valence-corrected chi connectivity index (χ1v) is 6.73. The van der Waals surface area contributed by atoms with Crippen LogP contribution in [-0.2, 0) is 11.2 Å². The van der Waals surface area contributed by atoms with Crippen LogP contribution in [0.2, 0.25) is 0 Å². The third kappa shape index (κ3) is 3.17. The van der Waals surface area contributed by atoms with Crippen molar-refractivity contribution in [2.24, 2.45) is 5.73 Å². The number of carbonyl (C=O) groups excluding carboxylic acids is 1. The van der Waals surface area contributed by atoms with Crippen molar-refractivity contribution in [1.29, 1.82) is 0 Å². The molecule has 0 aliphatic carbocycles. The number of nitrogens with two attached hydrogens (primary N) is 1. The van der Waals surface area contributed by atoms with Crippen LogP contribution < -0.4 is 10.6 Å². The molecule has 0 spiro atoms. The van der Waals surface area contributed by atoms with Gasteiger partial charge in [-0.25, -0.2) is 4.79 Å². The predicted molar refractivity (Wildman–Crippen MR) is 77.0 cm³/mol. The summed E-state index contributed by atoms with van der Waals surface area (Å²) in [7, 11) is 0. The van der Waals surface area contributed by atoms with E-state index in [1.165, 1.54) is 0 Å². The Morgan fingerprint density at radius 1 is 1.40 bits per heavy atom. The van der Waals surface area contributed by atoms with Gasteiger partial charge in [-0.3, -0.25) is 4.79 Å². The highest BCUT2D eigenvalue weighted by atomic mass is 16.4. The second kappa shape index (κ2) is 5.25. The molecule has 0 aromatic heterocycles. The number of hydrogen-bond acceptors (Lipinski definition) is 3. The van der Waals surface area contributed by atoms with Crippen molar-refractivity contribution in [3.05, 3.63) is 29.3 Å². The highest BCUT2D eigenvalue weighted by Gasteiger charge is 2.26. The topological polar surface area (TPSA) is 83.6 Å². The lowest BCUT2D eigenvalue weighted by Gasteiger charge is -2.31. The smallest absolute Gasteiger partial charge is 0.335 e. The van der Waals surface area contributed by atoms with E-state index in [4.69, 9.17) is 10.8 Å². The van der Waals surface area contributed by atoms with Gasteiger partial charge in [-0.15, -0.1) is 0 Å². The second-order valence-electron chi connectivity index (χ2n) is 5.96. The molecule has 3 N–H and O–H groups in total. The van der Waals surface area contributed by atoms with Crippen molar-refractivity contribution >= 4 is 17.6 Å². The molecule has 1 aliphatic heterocycles. The van der Waals surface area contributed by atoms with Crippen molar-refractivity contribution in [2.45, 2.75) is 38.6 Å². The minimum absolute atomic E-state index is 0.0125. The summed E-state index contributed by atoms with van der Waals surface area (Å²) >= 11 is 0. The van der Waals surface area contributed by atoms with Crippen molar-refractivity contribution < 1.29 is 14.7 Å². The number of hydrogen-bond donors (Lipinski definition) is 2. The molecule has 5 nitrogen and oxygen atoms in total. The highest BCUT2D eigenvalue weighted by Crippen LogP contribution is 2.29. The van der Waals surface area contributed by atoms with E-state index in [1.54, 1.807) is 23.1 Å². The standard InChI is InChI=1S/C15H20N2O3/c1-15(2,16)9-13(18)17-7-3-4-10-8-11(14(19)20)5-6-12(10)17/h5-6,8H,3-4,7,9,16H2,1-2H3,(H,19,20). The van der Waals surface area contributed by atoms with Crippen molar-refractivity contribution in [3.8, 4) is 0 Å². The SMILES string of the molecule is CC(C)(N)CC(=O)N1CCCc2cc(C(=O)O)ccc21. The number of nitrogens with zero attached hydrogens (tertiary/aromatic N) is 1. The number of anilines is 1. The number of benzene rings is 1. The molecule has 20 heavy (non-hydrogen) atoms. The minimum atomic E-state index is -0.945. The van der Waals surface area contributed by atoms with E-state index in [1.807, 2.05) is 13.8 Å². The monoisotopic (exact) mass is 276 g/mol. The second-order valence-corrected chi connectivity index (χ2v) is 5.96. The van der Waals surface area contributed by atoms with E-state index in [0.29, 0.717) is 6.54 Å². The summed E-state index contributed by atoms with van der Waals surface area (Å²) in [6.07, 6.45) is 1.91. The minimum Gasteiger partial charge on any atom is -0.478 e. The summed E-state index contributed by atoms with van der Waals surface area (Å²) in [6, 6.07) is 4.92. The fraction of sp³-hybridized carbons (Fsp3) is 0.467. The Kier molecular flexibility index (Phi) is 3.81. The maximum atomic E-state index is 12.3. The molecule has 0 atom stereocenters. The van der Waals surface area contributed by atoms with Crippen molar-refractivity contribution in [2.75, 3.05) is 11.4 Å². The molecule has 0 saturated heterocycles. The first-order chi connectivity index (χ1) is 9.28. The fourth-order valence-corrected chi connectivity index (χ4v) is 2.47. The van der Waals surface area contributed by atoms with Gasteiger partial charge in [0.25, 0.3) is 0 Å². The summed E-state index contributed by atoms with van der Waals surface area (Å²) in [6.45, 7) is 4.31. The zero-order valence-corrected chi connectivity index (χ0v) is 11.8. The van der Waals surface area contributed by atoms with Gasteiger partial charge in [0, 0.05) is 24.2 Å². The molecule has 2 rings (SSSR count). The fourth-order valence-electron chi connectivity index (χ4n) is 2.47. The summed E-state index contributed by atoms with van der Waals surface area (Å²) in [5.74, 6) is -0.958. The lowest BCUT2D eigenvalue weighted by atomic mass is 9.96. The van der Waals surface area contributed by atoms with E-state index in [0.717, 1.165) is 24.1 Å². The molecule has 1 amide bonds. The molecule has 0 unspecified atom stereocenters. The zero-order chi connectivity index (χ0) is 14.9. The molecule has 1 aliphatic rings. The Balaban J connectivity index is 2.29. The van der Waals surface area contributed by atoms with Gasteiger partial charge >= 0.3 is 5.97 Å². The summed E-state index contributed by atoms with van der Waals surface area (Å²) in [5.41, 5.74) is 7.35. The highest BCUT2D eigenvalue weighted by molar-refractivity contribution is 5.96. The quantitative estimate of drug-likeness (QED) is 0.881. The van der Waals surface area contributed by atoms with Crippen LogP contribution in [0.1, 0.15) is 42.6 Å². The summed E-state index contributed by atoms with van der Waals surface area (Å²) < 4.78 is 0. The summed E-state index contributed by atoms with van der Waals surface area (Å²) in [4.78, 5) is 25.0. The number of aromatic carboxylic acids is 1. The van der Waals surface area contributed by atoms with E-state index >= 15 is 0 Å². The van der Waals surface area contributed by atoms with Crippen LogP contribution in [-0.4, -0.2) is 29.1 Å². The lowest BCUT2D eigenvalue weighted by molar-refractivity contribution is -0.119. The van der Waals surface area contributed by atoms with Crippen LogP contribution in [0.4, 0.5) is 5.69 Å². The first kappa shape index (κ1) is 14.5. The first-order valence-electron chi connectivity index (χ1n) is 6.73. The van der Waals surface area contributed by atoms with Crippen LogP contribution in [0.25, 0.3) is 0 Å². The average Bonchev–Trinajstić information content (AvgIpc) is 2.35. The van der Waals surface area contributed by atoms with Crippen LogP contribution in [0.3, 0.4) is 0 Å². The van der Waals surface area contributed by atoms with Crippen LogP contribution in [0.15, 0.2) is 18.2 Å². The average molecular weight is 276 g/mol. The number of amides is 1. The Morgan fingerprint density at radius 3 is 2.70 bits per heavy atom. The van der Waals surface area contributed by atoms with Crippen LogP contribution in [0.5, 0.6) is 0 Å². The van der Waals surface area contributed by atoms with Crippen molar-refractivity contribution in [3.63, 3.8) is 0 Å². The Hall–Kier alpha value is -1.88. The summed E-state index contributed by atoms with van der Waals surface area (Å²) in [5, 5.41) is 9.02. The molecule has 1 aromatic carbocycles. The molecule has 0 bridgehead atoms. The Bertz CT molecular complexity index is 547. The van der Waals surface area contributed by atoms with Gasteiger partial charge in [0.15, 0.2) is 0 Å². The molecule has 1 aromatic rings. The van der Waals surface area contributed by atoms with Crippen LogP contribution >= 0.6 is 0 Å². The Labute approximate surface area is 118 Å². The van der Waals surface area contributed by atoms with E-state index in [-0.39, 0.29) is 17.9 Å². The van der Waals surface area contributed by atoms with Gasteiger partial charge in [-0.05, 0) is 50.5 Å². The van der Waals surface area contributed by atoms with Crippen molar-refractivity contribution in [1.82, 2.24) is 0 Å². The molecular formula is C15H20N2O3. The van der Waals surface area contributed by atoms with E-state index < -0.39 is 11.5 Å². The number of aryl methyl sites for hydroxylation is 1. The number of rotatable bonds is 3.